The number of para-hydroxylation sites is 1. The summed E-state index contributed by atoms with van der Waals surface area (Å²) in [6.45, 7) is 0.489. The second-order valence-electron chi connectivity index (χ2n) is 7.64. The summed E-state index contributed by atoms with van der Waals surface area (Å²) in [6.07, 6.45) is 1.94. The van der Waals surface area contributed by atoms with Crippen LogP contribution in [0.1, 0.15) is 5.56 Å². The van der Waals surface area contributed by atoms with Crippen LogP contribution < -0.4 is 10.1 Å². The van der Waals surface area contributed by atoms with E-state index in [1.165, 1.54) is 11.8 Å². The number of nitrogens with zero attached hydrogens (tertiary/aromatic N) is 3. The molecular formula is C26H23N5O2S. The van der Waals surface area contributed by atoms with Gasteiger partial charge < -0.3 is 15.0 Å². The highest BCUT2D eigenvalue weighted by Crippen LogP contribution is 2.33. The lowest BCUT2D eigenvalue weighted by molar-refractivity contribution is -0.118. The Labute approximate surface area is 201 Å². The van der Waals surface area contributed by atoms with E-state index >= 15 is 0 Å². The van der Waals surface area contributed by atoms with Gasteiger partial charge >= 0.3 is 0 Å². The van der Waals surface area contributed by atoms with Crippen molar-refractivity contribution in [2.75, 3.05) is 12.9 Å². The second kappa shape index (κ2) is 9.84. The molecule has 7 nitrogen and oxygen atoms in total. The van der Waals surface area contributed by atoms with E-state index in [0.29, 0.717) is 17.5 Å². The molecule has 0 aliphatic heterocycles. The highest BCUT2D eigenvalue weighted by Gasteiger charge is 2.20. The smallest absolute Gasteiger partial charge is 0.230 e. The zero-order valence-corrected chi connectivity index (χ0v) is 19.4. The number of thioether (sulfide) groups is 1. The van der Waals surface area contributed by atoms with Gasteiger partial charge in [0.15, 0.2) is 11.0 Å². The summed E-state index contributed by atoms with van der Waals surface area (Å²) in [5.74, 6) is 1.58. The Morgan fingerprint density at radius 1 is 1.03 bits per heavy atom. The minimum atomic E-state index is -0.0670. The molecule has 34 heavy (non-hydrogen) atoms. The van der Waals surface area contributed by atoms with Crippen LogP contribution in [-0.4, -0.2) is 38.5 Å². The Kier molecular flexibility index (Phi) is 6.31. The first kappa shape index (κ1) is 21.8. The molecular weight excluding hydrogens is 446 g/mol. The number of amides is 1. The van der Waals surface area contributed by atoms with Crippen molar-refractivity contribution >= 4 is 28.6 Å². The fourth-order valence-corrected chi connectivity index (χ4v) is 4.54. The summed E-state index contributed by atoms with van der Waals surface area (Å²) in [4.78, 5) is 15.8. The van der Waals surface area contributed by atoms with E-state index in [-0.39, 0.29) is 11.7 Å². The Morgan fingerprint density at radius 2 is 1.85 bits per heavy atom. The predicted molar refractivity (Wildman–Crippen MR) is 134 cm³/mol. The van der Waals surface area contributed by atoms with Crippen molar-refractivity contribution in [1.29, 1.82) is 0 Å². The van der Waals surface area contributed by atoms with Gasteiger partial charge in [-0.3, -0.25) is 9.36 Å². The molecule has 5 rings (SSSR count). The number of methoxy groups -OCH3 is 1. The van der Waals surface area contributed by atoms with Crippen molar-refractivity contribution in [3.63, 3.8) is 0 Å². The lowest BCUT2D eigenvalue weighted by Crippen LogP contribution is -2.24. The molecule has 0 spiro atoms. The molecule has 0 fully saturated rings. The van der Waals surface area contributed by atoms with Gasteiger partial charge in [-0.05, 0) is 23.8 Å². The average Bonchev–Trinajstić information content (AvgIpc) is 3.51. The summed E-state index contributed by atoms with van der Waals surface area (Å²) in [5, 5.41) is 13.6. The number of rotatable bonds is 8. The molecule has 170 valence electrons. The molecule has 0 unspecified atom stereocenters. The number of fused-ring (bicyclic) bond motifs is 1. The highest BCUT2D eigenvalue weighted by atomic mass is 32.2. The molecule has 8 heteroatoms. The van der Waals surface area contributed by atoms with Crippen molar-refractivity contribution in [1.82, 2.24) is 25.1 Å². The van der Waals surface area contributed by atoms with Crippen LogP contribution in [0.4, 0.5) is 0 Å². The molecule has 2 aromatic heterocycles. The third kappa shape index (κ3) is 4.53. The number of aromatic amines is 1. The van der Waals surface area contributed by atoms with Crippen molar-refractivity contribution in [2.45, 2.75) is 11.7 Å². The molecule has 0 saturated carbocycles. The summed E-state index contributed by atoms with van der Waals surface area (Å²) >= 11 is 1.35. The second-order valence-corrected chi connectivity index (χ2v) is 8.58. The van der Waals surface area contributed by atoms with Crippen LogP contribution in [0.25, 0.3) is 28.0 Å². The van der Waals surface area contributed by atoms with Crippen LogP contribution in [0.5, 0.6) is 5.75 Å². The number of nitrogens with one attached hydrogen (secondary N) is 2. The summed E-state index contributed by atoms with van der Waals surface area (Å²) in [7, 11) is 1.64. The van der Waals surface area contributed by atoms with Gasteiger partial charge in [-0.2, -0.15) is 0 Å². The predicted octanol–water partition coefficient (Wildman–Crippen LogP) is 4.83. The number of ether oxygens (including phenoxy) is 1. The van der Waals surface area contributed by atoms with E-state index in [2.05, 4.69) is 26.6 Å². The Bertz CT molecular complexity index is 1430. The molecule has 1 amide bonds. The number of carbonyl (C=O) groups excluding carboxylic acids is 1. The largest absolute Gasteiger partial charge is 0.497 e. The first-order chi connectivity index (χ1) is 16.7. The molecule has 3 aromatic carbocycles. The SMILES string of the molecule is COc1cccc(-n2c(SCC(=O)NCc3ccccc3)nnc2-c2c[nH]c3ccccc23)c1. The van der Waals surface area contributed by atoms with Crippen LogP contribution in [0.3, 0.4) is 0 Å². The lowest BCUT2D eigenvalue weighted by atomic mass is 10.1. The van der Waals surface area contributed by atoms with E-state index in [1.54, 1.807) is 7.11 Å². The average molecular weight is 470 g/mol. The minimum Gasteiger partial charge on any atom is -0.497 e. The van der Waals surface area contributed by atoms with Gasteiger partial charge in [0.2, 0.25) is 5.91 Å². The number of aromatic nitrogens is 4. The van der Waals surface area contributed by atoms with Crippen LogP contribution in [-0.2, 0) is 11.3 Å². The molecule has 2 N–H and O–H groups in total. The van der Waals surface area contributed by atoms with Gasteiger partial charge in [0, 0.05) is 35.3 Å². The molecule has 0 atom stereocenters. The molecule has 0 bridgehead atoms. The highest BCUT2D eigenvalue weighted by molar-refractivity contribution is 7.99. The van der Waals surface area contributed by atoms with E-state index in [4.69, 9.17) is 4.74 Å². The summed E-state index contributed by atoms with van der Waals surface area (Å²) < 4.78 is 7.40. The zero-order chi connectivity index (χ0) is 23.3. The Morgan fingerprint density at radius 3 is 2.71 bits per heavy atom. The van der Waals surface area contributed by atoms with E-state index in [0.717, 1.165) is 33.5 Å². The van der Waals surface area contributed by atoms with Crippen LogP contribution >= 0.6 is 11.8 Å². The van der Waals surface area contributed by atoms with Crippen LogP contribution in [0.15, 0.2) is 90.2 Å². The fourth-order valence-electron chi connectivity index (χ4n) is 3.75. The van der Waals surface area contributed by atoms with Crippen molar-refractivity contribution in [3.05, 3.63) is 90.6 Å². The monoisotopic (exact) mass is 469 g/mol. The number of H-pyrrole nitrogens is 1. The van der Waals surface area contributed by atoms with Crippen molar-refractivity contribution in [3.8, 4) is 22.8 Å². The van der Waals surface area contributed by atoms with Crippen LogP contribution in [0, 0.1) is 0 Å². The number of carbonyl (C=O) groups is 1. The maximum atomic E-state index is 12.5. The number of hydrogen-bond donors (Lipinski definition) is 2. The van der Waals surface area contributed by atoms with Gasteiger partial charge in [-0.25, -0.2) is 0 Å². The van der Waals surface area contributed by atoms with Gasteiger partial charge in [0.25, 0.3) is 0 Å². The van der Waals surface area contributed by atoms with E-state index in [1.807, 2.05) is 83.6 Å². The maximum absolute atomic E-state index is 12.5. The van der Waals surface area contributed by atoms with Crippen molar-refractivity contribution in [2.24, 2.45) is 0 Å². The molecule has 2 heterocycles. The first-order valence-electron chi connectivity index (χ1n) is 10.8. The Balaban J connectivity index is 1.44. The molecule has 0 radical (unpaired) electrons. The summed E-state index contributed by atoms with van der Waals surface area (Å²) in [5.41, 5.74) is 3.87. The maximum Gasteiger partial charge on any atom is 0.230 e. The van der Waals surface area contributed by atoms with E-state index in [9.17, 15) is 4.79 Å². The fraction of sp³-hybridized carbons (Fsp3) is 0.115. The lowest BCUT2D eigenvalue weighted by Gasteiger charge is -2.11. The molecule has 0 aliphatic carbocycles. The topological polar surface area (TPSA) is 84.8 Å². The molecule has 0 aliphatic rings. The Hall–Kier alpha value is -4.04. The third-order valence-electron chi connectivity index (χ3n) is 5.44. The van der Waals surface area contributed by atoms with Gasteiger partial charge in [-0.15, -0.1) is 10.2 Å². The molecule has 0 saturated heterocycles. The standard InChI is InChI=1S/C26H23N5O2S/c1-33-20-11-7-10-19(14-20)31-25(22-16-27-23-13-6-5-12-21(22)23)29-30-26(31)34-17-24(32)28-15-18-8-3-2-4-9-18/h2-14,16,27H,15,17H2,1H3,(H,28,32). The first-order valence-corrected chi connectivity index (χ1v) is 11.8. The number of hydrogen-bond acceptors (Lipinski definition) is 5. The van der Waals surface area contributed by atoms with Gasteiger partial charge in [0.05, 0.1) is 18.6 Å². The normalized spacial score (nSPS) is 11.0. The zero-order valence-electron chi connectivity index (χ0n) is 18.6. The third-order valence-corrected chi connectivity index (χ3v) is 6.37. The summed E-state index contributed by atoms with van der Waals surface area (Å²) in [6, 6.07) is 25.6. The molecule has 5 aromatic rings. The van der Waals surface area contributed by atoms with Crippen LogP contribution in [0.2, 0.25) is 0 Å². The van der Waals surface area contributed by atoms with Crippen molar-refractivity contribution < 1.29 is 9.53 Å². The minimum absolute atomic E-state index is 0.0670. The quantitative estimate of drug-likeness (QED) is 0.318. The van der Waals surface area contributed by atoms with Gasteiger partial charge in [-0.1, -0.05) is 66.4 Å². The van der Waals surface area contributed by atoms with E-state index < -0.39 is 0 Å². The number of benzene rings is 3. The van der Waals surface area contributed by atoms with Gasteiger partial charge in [0.1, 0.15) is 5.75 Å².